The number of nitrogens with zero attached hydrogens (tertiary/aromatic N) is 1. The monoisotopic (exact) mass is 409 g/mol. The Bertz CT molecular complexity index is 813. The van der Waals surface area contributed by atoms with Crippen molar-refractivity contribution in [2.75, 3.05) is 19.6 Å². The molecule has 30 heavy (non-hydrogen) atoms. The van der Waals surface area contributed by atoms with E-state index in [1.54, 1.807) is 12.1 Å². The molecule has 2 aromatic rings. The second-order valence-electron chi connectivity index (χ2n) is 7.92. The van der Waals surface area contributed by atoms with Crippen molar-refractivity contribution in [3.63, 3.8) is 0 Å². The van der Waals surface area contributed by atoms with Gasteiger partial charge in [0.25, 0.3) is 5.91 Å². The van der Waals surface area contributed by atoms with Gasteiger partial charge in [0.05, 0.1) is 12.2 Å². The van der Waals surface area contributed by atoms with Crippen molar-refractivity contribution >= 4 is 11.8 Å². The molecule has 160 valence electrons. The molecule has 0 radical (unpaired) electrons. The average molecular weight is 410 g/mol. The summed E-state index contributed by atoms with van der Waals surface area (Å²) in [4.78, 5) is 26.4. The highest BCUT2D eigenvalue weighted by atomic mass is 16.5. The van der Waals surface area contributed by atoms with Crippen LogP contribution >= 0.6 is 0 Å². The van der Waals surface area contributed by atoms with Crippen LogP contribution in [0.25, 0.3) is 0 Å². The minimum Gasteiger partial charge on any atom is -0.373 e. The fourth-order valence-electron chi connectivity index (χ4n) is 3.70. The zero-order valence-corrected chi connectivity index (χ0v) is 17.8. The summed E-state index contributed by atoms with van der Waals surface area (Å²) in [6.45, 7) is 7.83. The standard InChI is InChI=1S/C24H31N3O3/c1-18-15-27(16-19(2)30-18)17-21-10-8-20(9-11-21)14-26-23(28)12-13-25-24(29)22-6-4-3-5-7-22/h3-11,18-19H,12-17H2,1-2H3,(H,25,29)(H,26,28). The first-order valence-corrected chi connectivity index (χ1v) is 10.5. The fourth-order valence-corrected chi connectivity index (χ4v) is 3.70. The Morgan fingerprint density at radius 1 is 0.933 bits per heavy atom. The number of amides is 2. The molecule has 2 atom stereocenters. The van der Waals surface area contributed by atoms with E-state index in [-0.39, 0.29) is 30.4 Å². The lowest BCUT2D eigenvalue weighted by Crippen LogP contribution is -2.44. The first-order chi connectivity index (χ1) is 14.5. The Labute approximate surface area is 178 Å². The van der Waals surface area contributed by atoms with E-state index >= 15 is 0 Å². The summed E-state index contributed by atoms with van der Waals surface area (Å²) in [5.41, 5.74) is 2.91. The Morgan fingerprint density at radius 3 is 2.23 bits per heavy atom. The third-order valence-corrected chi connectivity index (χ3v) is 5.09. The van der Waals surface area contributed by atoms with Crippen molar-refractivity contribution < 1.29 is 14.3 Å². The van der Waals surface area contributed by atoms with E-state index in [2.05, 4.69) is 53.6 Å². The van der Waals surface area contributed by atoms with Gasteiger partial charge in [-0.05, 0) is 37.1 Å². The smallest absolute Gasteiger partial charge is 0.251 e. The van der Waals surface area contributed by atoms with Crippen LogP contribution < -0.4 is 10.6 Å². The van der Waals surface area contributed by atoms with Crippen LogP contribution in [0, 0.1) is 0 Å². The molecule has 2 aromatic carbocycles. The zero-order chi connectivity index (χ0) is 21.3. The van der Waals surface area contributed by atoms with Crippen LogP contribution in [-0.2, 0) is 22.6 Å². The molecule has 0 spiro atoms. The van der Waals surface area contributed by atoms with Gasteiger partial charge >= 0.3 is 0 Å². The second-order valence-corrected chi connectivity index (χ2v) is 7.92. The third kappa shape index (κ3) is 6.97. The number of hydrogen-bond donors (Lipinski definition) is 2. The lowest BCUT2D eigenvalue weighted by atomic mass is 10.1. The maximum absolute atomic E-state index is 12.0. The quantitative estimate of drug-likeness (QED) is 0.703. The van der Waals surface area contributed by atoms with Crippen molar-refractivity contribution in [1.29, 1.82) is 0 Å². The van der Waals surface area contributed by atoms with Gasteiger partial charge < -0.3 is 15.4 Å². The second kappa shape index (κ2) is 10.9. The summed E-state index contributed by atoms with van der Waals surface area (Å²) < 4.78 is 5.79. The number of carbonyl (C=O) groups is 2. The number of morpholine rings is 1. The van der Waals surface area contributed by atoms with Crippen molar-refractivity contribution in [1.82, 2.24) is 15.5 Å². The highest BCUT2D eigenvalue weighted by Gasteiger charge is 2.21. The van der Waals surface area contributed by atoms with Crippen LogP contribution in [0.1, 0.15) is 41.8 Å². The summed E-state index contributed by atoms with van der Waals surface area (Å²) in [5.74, 6) is -0.244. The van der Waals surface area contributed by atoms with Gasteiger partial charge in [-0.3, -0.25) is 14.5 Å². The third-order valence-electron chi connectivity index (χ3n) is 5.09. The van der Waals surface area contributed by atoms with Crippen LogP contribution in [0.15, 0.2) is 54.6 Å². The predicted molar refractivity (Wildman–Crippen MR) is 117 cm³/mol. The maximum Gasteiger partial charge on any atom is 0.251 e. The Morgan fingerprint density at radius 2 is 1.57 bits per heavy atom. The van der Waals surface area contributed by atoms with E-state index in [0.29, 0.717) is 18.7 Å². The van der Waals surface area contributed by atoms with E-state index in [4.69, 9.17) is 4.74 Å². The molecule has 2 N–H and O–H groups in total. The summed E-state index contributed by atoms with van der Waals surface area (Å²) in [6, 6.07) is 17.3. The number of benzene rings is 2. The Balaban J connectivity index is 1.36. The van der Waals surface area contributed by atoms with E-state index < -0.39 is 0 Å². The summed E-state index contributed by atoms with van der Waals surface area (Å²) >= 11 is 0. The van der Waals surface area contributed by atoms with Crippen molar-refractivity contribution in [2.45, 2.75) is 45.6 Å². The molecule has 3 rings (SSSR count). The molecule has 2 unspecified atom stereocenters. The van der Waals surface area contributed by atoms with Crippen molar-refractivity contribution in [3.05, 3.63) is 71.3 Å². The number of nitrogens with one attached hydrogen (secondary N) is 2. The largest absolute Gasteiger partial charge is 0.373 e. The van der Waals surface area contributed by atoms with Crippen LogP contribution in [0.3, 0.4) is 0 Å². The summed E-state index contributed by atoms with van der Waals surface area (Å²) in [7, 11) is 0. The van der Waals surface area contributed by atoms with Crippen LogP contribution in [0.4, 0.5) is 0 Å². The molecule has 1 heterocycles. The first-order valence-electron chi connectivity index (χ1n) is 10.5. The van der Waals surface area contributed by atoms with E-state index in [9.17, 15) is 9.59 Å². The van der Waals surface area contributed by atoms with Gasteiger partial charge in [0.2, 0.25) is 5.91 Å². The Kier molecular flexibility index (Phi) is 7.99. The molecule has 1 saturated heterocycles. The highest BCUT2D eigenvalue weighted by Crippen LogP contribution is 2.14. The molecule has 1 aliphatic rings. The molecule has 1 aliphatic heterocycles. The lowest BCUT2D eigenvalue weighted by molar-refractivity contribution is -0.121. The molecule has 1 fully saturated rings. The van der Waals surface area contributed by atoms with Gasteiger partial charge in [-0.1, -0.05) is 42.5 Å². The van der Waals surface area contributed by atoms with Gasteiger partial charge in [-0.2, -0.15) is 0 Å². The van der Waals surface area contributed by atoms with E-state index in [0.717, 1.165) is 25.2 Å². The van der Waals surface area contributed by atoms with Gasteiger partial charge in [-0.15, -0.1) is 0 Å². The minimum atomic E-state index is -0.164. The Hall–Kier alpha value is -2.70. The van der Waals surface area contributed by atoms with Crippen molar-refractivity contribution in [2.24, 2.45) is 0 Å². The summed E-state index contributed by atoms with van der Waals surface area (Å²) in [5, 5.41) is 5.67. The van der Waals surface area contributed by atoms with Crippen molar-refractivity contribution in [3.8, 4) is 0 Å². The number of rotatable bonds is 8. The van der Waals surface area contributed by atoms with Gasteiger partial charge in [0, 0.05) is 44.7 Å². The molecule has 0 bridgehead atoms. The molecule has 6 nitrogen and oxygen atoms in total. The molecule has 2 amide bonds. The number of ether oxygens (including phenoxy) is 1. The predicted octanol–water partition coefficient (Wildman–Crippen LogP) is 2.73. The molecule has 0 saturated carbocycles. The average Bonchev–Trinajstić information content (AvgIpc) is 2.73. The van der Waals surface area contributed by atoms with Crippen LogP contribution in [0.5, 0.6) is 0 Å². The molecule has 0 aromatic heterocycles. The molecule has 6 heteroatoms. The zero-order valence-electron chi connectivity index (χ0n) is 17.8. The van der Waals surface area contributed by atoms with E-state index in [1.807, 2.05) is 18.2 Å². The number of carbonyl (C=O) groups excluding carboxylic acids is 2. The topological polar surface area (TPSA) is 70.7 Å². The van der Waals surface area contributed by atoms with E-state index in [1.165, 1.54) is 5.56 Å². The van der Waals surface area contributed by atoms with Gasteiger partial charge in [0.15, 0.2) is 0 Å². The number of hydrogen-bond acceptors (Lipinski definition) is 4. The fraction of sp³-hybridized carbons (Fsp3) is 0.417. The molecular weight excluding hydrogens is 378 g/mol. The first kappa shape index (κ1) is 22.0. The van der Waals surface area contributed by atoms with Crippen LogP contribution in [0.2, 0.25) is 0 Å². The lowest BCUT2D eigenvalue weighted by Gasteiger charge is -2.35. The highest BCUT2D eigenvalue weighted by molar-refractivity contribution is 5.94. The molecule has 0 aliphatic carbocycles. The maximum atomic E-state index is 12.0. The minimum absolute atomic E-state index is 0.0799. The SMILES string of the molecule is CC1CN(Cc2ccc(CNC(=O)CCNC(=O)c3ccccc3)cc2)CC(C)O1. The van der Waals surface area contributed by atoms with Gasteiger partial charge in [-0.25, -0.2) is 0 Å². The molecular formula is C24H31N3O3. The van der Waals surface area contributed by atoms with Gasteiger partial charge in [0.1, 0.15) is 0 Å². The normalized spacial score (nSPS) is 19.3. The summed E-state index contributed by atoms with van der Waals surface area (Å²) in [6.07, 6.45) is 0.783. The van der Waals surface area contributed by atoms with Crippen LogP contribution in [-0.4, -0.2) is 48.6 Å².